The summed E-state index contributed by atoms with van der Waals surface area (Å²) >= 11 is 0. The van der Waals surface area contributed by atoms with E-state index in [4.69, 9.17) is 14.9 Å². The topological polar surface area (TPSA) is 48.4 Å². The minimum Gasteiger partial charge on any atom is -0.496 e. The highest BCUT2D eigenvalue weighted by atomic mass is 16.5. The molecule has 2 rings (SSSR count). The van der Waals surface area contributed by atoms with Crippen LogP contribution in [0.4, 0.5) is 0 Å². The van der Waals surface area contributed by atoms with Gasteiger partial charge in [0.2, 0.25) is 0 Å². The Kier molecular flexibility index (Phi) is 3.20. The molecule has 0 amide bonds. The van der Waals surface area contributed by atoms with E-state index in [9.17, 15) is 0 Å². The molecule has 0 saturated carbocycles. The first-order valence-electron chi connectivity index (χ1n) is 5.58. The maximum atomic E-state index is 6.18. The van der Waals surface area contributed by atoms with Crippen molar-refractivity contribution in [1.82, 2.24) is 0 Å². The molecule has 0 radical (unpaired) electrons. The molecule has 3 nitrogen and oxygen atoms in total. The Morgan fingerprint density at radius 3 is 2.53 bits per heavy atom. The zero-order chi connectivity index (χ0) is 12.4. The average molecular weight is 231 g/mol. The molecule has 0 bridgehead atoms. The van der Waals surface area contributed by atoms with Crippen molar-refractivity contribution < 1.29 is 9.15 Å². The number of furan rings is 1. The summed E-state index contributed by atoms with van der Waals surface area (Å²) in [4.78, 5) is 0. The Morgan fingerprint density at radius 1 is 1.18 bits per heavy atom. The minimum absolute atomic E-state index is 0.292. The van der Waals surface area contributed by atoms with Crippen molar-refractivity contribution >= 4 is 0 Å². The molecular formula is C14H17NO2. The third-order valence-corrected chi connectivity index (χ3v) is 2.79. The van der Waals surface area contributed by atoms with Crippen LogP contribution in [0.15, 0.2) is 34.7 Å². The van der Waals surface area contributed by atoms with Gasteiger partial charge in [-0.15, -0.1) is 0 Å². The van der Waals surface area contributed by atoms with E-state index in [1.807, 2.05) is 44.2 Å². The molecule has 0 saturated heterocycles. The summed E-state index contributed by atoms with van der Waals surface area (Å²) in [6.07, 6.45) is 0. The summed E-state index contributed by atoms with van der Waals surface area (Å²) in [7, 11) is 1.65. The Labute approximate surface area is 101 Å². The fourth-order valence-corrected chi connectivity index (χ4v) is 1.85. The van der Waals surface area contributed by atoms with E-state index in [1.54, 1.807) is 7.11 Å². The summed E-state index contributed by atoms with van der Waals surface area (Å²) in [5, 5.41) is 0. The second-order valence-electron chi connectivity index (χ2n) is 4.17. The lowest BCUT2D eigenvalue weighted by Gasteiger charge is -2.14. The smallest absolute Gasteiger partial charge is 0.125 e. The molecule has 1 aromatic heterocycles. The Morgan fingerprint density at radius 2 is 1.94 bits per heavy atom. The van der Waals surface area contributed by atoms with E-state index in [0.29, 0.717) is 0 Å². The van der Waals surface area contributed by atoms with E-state index >= 15 is 0 Å². The van der Waals surface area contributed by atoms with E-state index in [-0.39, 0.29) is 6.04 Å². The van der Waals surface area contributed by atoms with E-state index in [1.165, 1.54) is 0 Å². The fraction of sp³-hybridized carbons (Fsp3) is 0.286. The lowest BCUT2D eigenvalue weighted by atomic mass is 10.0. The SMILES string of the molecule is COc1cc(C)ccc1C(N)c1ccc(C)o1. The standard InChI is InChI=1S/C14H17NO2/c1-9-4-6-11(13(8-9)16-3)14(15)12-7-5-10(2)17-12/h4-8,14H,15H2,1-3H3. The van der Waals surface area contributed by atoms with Crippen LogP contribution in [0.25, 0.3) is 0 Å². The third kappa shape index (κ3) is 2.34. The van der Waals surface area contributed by atoms with E-state index in [0.717, 1.165) is 28.4 Å². The van der Waals surface area contributed by atoms with Gasteiger partial charge in [-0.25, -0.2) is 0 Å². The quantitative estimate of drug-likeness (QED) is 0.883. The van der Waals surface area contributed by atoms with Crippen LogP contribution >= 0.6 is 0 Å². The van der Waals surface area contributed by atoms with Crippen molar-refractivity contribution in [2.24, 2.45) is 5.73 Å². The normalized spacial score (nSPS) is 12.5. The van der Waals surface area contributed by atoms with Gasteiger partial charge in [0.1, 0.15) is 17.3 Å². The molecule has 0 aliphatic heterocycles. The van der Waals surface area contributed by atoms with Crippen LogP contribution in [-0.4, -0.2) is 7.11 Å². The molecule has 0 aliphatic carbocycles. The monoisotopic (exact) mass is 231 g/mol. The van der Waals surface area contributed by atoms with Crippen LogP contribution in [0, 0.1) is 13.8 Å². The Hall–Kier alpha value is -1.74. The van der Waals surface area contributed by atoms with Crippen LogP contribution < -0.4 is 10.5 Å². The van der Waals surface area contributed by atoms with Crippen molar-refractivity contribution in [2.75, 3.05) is 7.11 Å². The van der Waals surface area contributed by atoms with Crippen LogP contribution in [0.2, 0.25) is 0 Å². The molecule has 3 heteroatoms. The van der Waals surface area contributed by atoms with Gasteiger partial charge in [0.25, 0.3) is 0 Å². The van der Waals surface area contributed by atoms with Gasteiger partial charge in [0.05, 0.1) is 13.2 Å². The zero-order valence-corrected chi connectivity index (χ0v) is 10.4. The molecule has 1 atom stereocenters. The van der Waals surface area contributed by atoms with Crippen LogP contribution in [0.1, 0.15) is 28.7 Å². The Bertz CT molecular complexity index is 517. The molecular weight excluding hydrogens is 214 g/mol. The molecule has 1 unspecified atom stereocenters. The van der Waals surface area contributed by atoms with Gasteiger partial charge in [-0.3, -0.25) is 0 Å². The number of rotatable bonds is 3. The van der Waals surface area contributed by atoms with Crippen molar-refractivity contribution in [3.05, 3.63) is 53.0 Å². The summed E-state index contributed by atoms with van der Waals surface area (Å²) in [5.41, 5.74) is 8.27. The molecule has 2 aromatic rings. The third-order valence-electron chi connectivity index (χ3n) is 2.79. The van der Waals surface area contributed by atoms with Crippen LogP contribution in [0.5, 0.6) is 5.75 Å². The van der Waals surface area contributed by atoms with Crippen LogP contribution in [0.3, 0.4) is 0 Å². The molecule has 1 aromatic carbocycles. The van der Waals surface area contributed by atoms with Gasteiger partial charge in [0, 0.05) is 5.56 Å². The first-order valence-corrected chi connectivity index (χ1v) is 5.58. The number of nitrogens with two attached hydrogens (primary N) is 1. The van der Waals surface area contributed by atoms with Gasteiger partial charge < -0.3 is 14.9 Å². The zero-order valence-electron chi connectivity index (χ0n) is 10.4. The molecule has 0 spiro atoms. The van der Waals surface area contributed by atoms with Crippen molar-refractivity contribution in [1.29, 1.82) is 0 Å². The number of aryl methyl sites for hydroxylation is 2. The summed E-state index contributed by atoms with van der Waals surface area (Å²) in [5.74, 6) is 2.41. The van der Waals surface area contributed by atoms with Crippen LogP contribution in [-0.2, 0) is 0 Å². The maximum absolute atomic E-state index is 6.18. The Balaban J connectivity index is 2.39. The van der Waals surface area contributed by atoms with E-state index < -0.39 is 0 Å². The highest BCUT2D eigenvalue weighted by Gasteiger charge is 2.16. The fourth-order valence-electron chi connectivity index (χ4n) is 1.85. The number of hydrogen-bond donors (Lipinski definition) is 1. The average Bonchev–Trinajstić information content (AvgIpc) is 2.75. The molecule has 0 fully saturated rings. The first-order chi connectivity index (χ1) is 8.11. The molecule has 2 N–H and O–H groups in total. The van der Waals surface area contributed by atoms with Crippen molar-refractivity contribution in [3.8, 4) is 5.75 Å². The van der Waals surface area contributed by atoms with Crippen molar-refractivity contribution in [2.45, 2.75) is 19.9 Å². The predicted molar refractivity (Wildman–Crippen MR) is 67.2 cm³/mol. The molecule has 90 valence electrons. The lowest BCUT2D eigenvalue weighted by molar-refractivity contribution is 0.401. The van der Waals surface area contributed by atoms with Gasteiger partial charge in [-0.2, -0.15) is 0 Å². The number of methoxy groups -OCH3 is 1. The van der Waals surface area contributed by atoms with Gasteiger partial charge in [0.15, 0.2) is 0 Å². The van der Waals surface area contributed by atoms with Gasteiger partial charge >= 0.3 is 0 Å². The second-order valence-corrected chi connectivity index (χ2v) is 4.17. The first kappa shape index (κ1) is 11.7. The molecule has 0 aliphatic rings. The number of hydrogen-bond acceptors (Lipinski definition) is 3. The second kappa shape index (κ2) is 4.63. The molecule has 1 heterocycles. The predicted octanol–water partition coefficient (Wildman–Crippen LogP) is 2.95. The summed E-state index contributed by atoms with van der Waals surface area (Å²) in [6.45, 7) is 3.93. The minimum atomic E-state index is -0.292. The number of ether oxygens (including phenoxy) is 1. The van der Waals surface area contributed by atoms with E-state index in [2.05, 4.69) is 0 Å². The highest BCUT2D eigenvalue weighted by molar-refractivity contribution is 5.41. The van der Waals surface area contributed by atoms with Gasteiger partial charge in [-0.1, -0.05) is 12.1 Å². The number of benzene rings is 1. The van der Waals surface area contributed by atoms with Crippen molar-refractivity contribution in [3.63, 3.8) is 0 Å². The molecule has 17 heavy (non-hydrogen) atoms. The maximum Gasteiger partial charge on any atom is 0.125 e. The van der Waals surface area contributed by atoms with Gasteiger partial charge in [-0.05, 0) is 37.6 Å². The summed E-state index contributed by atoms with van der Waals surface area (Å²) in [6, 6.07) is 9.50. The highest BCUT2D eigenvalue weighted by Crippen LogP contribution is 2.29. The lowest BCUT2D eigenvalue weighted by Crippen LogP contribution is -2.12. The largest absolute Gasteiger partial charge is 0.496 e. The summed E-state index contributed by atoms with van der Waals surface area (Å²) < 4.78 is 10.9.